The van der Waals surface area contributed by atoms with E-state index in [-0.39, 0.29) is 10.9 Å². The summed E-state index contributed by atoms with van der Waals surface area (Å²) in [5, 5.41) is 13.6. The number of hydrogen-bond donors (Lipinski definition) is 2. The smallest absolute Gasteiger partial charge is 0.242 e. The number of hydrogen-bond acceptors (Lipinski definition) is 4. The van der Waals surface area contributed by atoms with Crippen LogP contribution in [-0.4, -0.2) is 44.5 Å². The number of rotatable bonds is 6. The Morgan fingerprint density at radius 3 is 2.15 bits per heavy atom. The van der Waals surface area contributed by atoms with Crippen LogP contribution in [0.5, 0.6) is 0 Å². The summed E-state index contributed by atoms with van der Waals surface area (Å²) >= 11 is 0. The summed E-state index contributed by atoms with van der Waals surface area (Å²) in [7, 11) is -0.445. The van der Waals surface area contributed by atoms with E-state index in [4.69, 9.17) is 0 Å². The normalized spacial score (nSPS) is 15.6. The molecule has 0 amide bonds. The van der Waals surface area contributed by atoms with Gasteiger partial charge in [-0.15, -0.1) is 0 Å². The van der Waals surface area contributed by atoms with Crippen LogP contribution in [0.3, 0.4) is 0 Å². The topological polar surface area (TPSA) is 69.6 Å². The zero-order valence-electron chi connectivity index (χ0n) is 12.7. The van der Waals surface area contributed by atoms with Gasteiger partial charge in [-0.2, -0.15) is 0 Å². The number of nitrogens with zero attached hydrogens (tertiary/aromatic N) is 1. The van der Waals surface area contributed by atoms with Crippen LogP contribution in [0.25, 0.3) is 0 Å². The maximum Gasteiger partial charge on any atom is 0.242 e. The second-order valence-corrected chi connectivity index (χ2v) is 7.77. The van der Waals surface area contributed by atoms with Gasteiger partial charge < -0.3 is 10.4 Å². The van der Waals surface area contributed by atoms with Crippen LogP contribution in [0, 0.1) is 0 Å². The first kappa shape index (κ1) is 17.1. The van der Waals surface area contributed by atoms with Crippen LogP contribution >= 0.6 is 0 Å². The predicted octanol–water partition coefficient (Wildman–Crippen LogP) is 1.14. The summed E-state index contributed by atoms with van der Waals surface area (Å²) in [5.41, 5.74) is -0.353. The number of aliphatic hydroxyl groups is 1. The maximum atomic E-state index is 12.0. The molecule has 0 saturated carbocycles. The highest BCUT2D eigenvalue weighted by Gasteiger charge is 2.24. The molecule has 1 atom stereocenters. The van der Waals surface area contributed by atoms with Crippen LogP contribution in [0.2, 0.25) is 0 Å². The lowest BCUT2D eigenvalue weighted by Crippen LogP contribution is -2.38. The quantitative estimate of drug-likeness (QED) is 0.826. The summed E-state index contributed by atoms with van der Waals surface area (Å²) < 4.78 is 25.1. The molecular formula is C14H24N2O3S. The standard InChI is InChI=1S/C14H24N2O3S/c1-11(2)15-10-14(3,17)12-6-8-13(9-7-12)20(18,19)16(4)5/h6-9,11,15,17H,10H2,1-5H3. The third kappa shape index (κ3) is 4.02. The molecule has 0 heterocycles. The van der Waals surface area contributed by atoms with Gasteiger partial charge in [0, 0.05) is 26.7 Å². The molecule has 2 N–H and O–H groups in total. The summed E-state index contributed by atoms with van der Waals surface area (Å²) in [6.07, 6.45) is 0. The van der Waals surface area contributed by atoms with Crippen LogP contribution in [0.4, 0.5) is 0 Å². The molecule has 1 aromatic carbocycles. The minimum absolute atomic E-state index is 0.221. The van der Waals surface area contributed by atoms with E-state index in [1.807, 2.05) is 13.8 Å². The van der Waals surface area contributed by atoms with Crippen molar-refractivity contribution in [3.05, 3.63) is 29.8 Å². The minimum atomic E-state index is -3.43. The van der Waals surface area contributed by atoms with Crippen LogP contribution in [0.15, 0.2) is 29.2 Å². The van der Waals surface area contributed by atoms with E-state index < -0.39 is 15.6 Å². The first-order chi connectivity index (χ1) is 9.07. The average molecular weight is 300 g/mol. The van der Waals surface area contributed by atoms with Crippen molar-refractivity contribution in [2.24, 2.45) is 0 Å². The van der Waals surface area contributed by atoms with Gasteiger partial charge in [0.1, 0.15) is 0 Å². The molecule has 114 valence electrons. The van der Waals surface area contributed by atoms with Gasteiger partial charge in [-0.05, 0) is 24.6 Å². The highest BCUT2D eigenvalue weighted by Crippen LogP contribution is 2.22. The molecule has 0 saturated heterocycles. The first-order valence-electron chi connectivity index (χ1n) is 6.56. The van der Waals surface area contributed by atoms with Crippen molar-refractivity contribution in [3.8, 4) is 0 Å². The Hall–Kier alpha value is -0.950. The van der Waals surface area contributed by atoms with Crippen molar-refractivity contribution in [2.45, 2.75) is 37.3 Å². The van der Waals surface area contributed by atoms with E-state index in [0.29, 0.717) is 12.1 Å². The lowest BCUT2D eigenvalue weighted by atomic mass is 9.96. The zero-order chi connectivity index (χ0) is 15.6. The molecule has 0 aliphatic carbocycles. The number of nitrogens with one attached hydrogen (secondary N) is 1. The molecule has 0 aliphatic heterocycles. The second-order valence-electron chi connectivity index (χ2n) is 5.62. The average Bonchev–Trinajstić information content (AvgIpc) is 2.36. The Bertz CT molecular complexity index is 534. The Kier molecular flexibility index (Phi) is 5.32. The molecule has 0 aromatic heterocycles. The van der Waals surface area contributed by atoms with Gasteiger partial charge in [0.25, 0.3) is 0 Å². The van der Waals surface area contributed by atoms with Crippen molar-refractivity contribution < 1.29 is 13.5 Å². The first-order valence-corrected chi connectivity index (χ1v) is 8.00. The molecule has 5 nitrogen and oxygen atoms in total. The monoisotopic (exact) mass is 300 g/mol. The predicted molar refractivity (Wildman–Crippen MR) is 80.0 cm³/mol. The van der Waals surface area contributed by atoms with E-state index in [0.717, 1.165) is 0 Å². The second kappa shape index (κ2) is 6.22. The molecule has 20 heavy (non-hydrogen) atoms. The highest BCUT2D eigenvalue weighted by atomic mass is 32.2. The molecule has 1 rings (SSSR count). The molecule has 6 heteroatoms. The van der Waals surface area contributed by atoms with Crippen LogP contribution in [-0.2, 0) is 15.6 Å². The van der Waals surface area contributed by atoms with E-state index in [2.05, 4.69) is 5.32 Å². The molecule has 0 fully saturated rings. The van der Waals surface area contributed by atoms with E-state index >= 15 is 0 Å². The summed E-state index contributed by atoms with van der Waals surface area (Å²) in [5.74, 6) is 0. The zero-order valence-corrected chi connectivity index (χ0v) is 13.5. The fraction of sp³-hybridized carbons (Fsp3) is 0.571. The van der Waals surface area contributed by atoms with Gasteiger partial charge in [-0.1, -0.05) is 26.0 Å². The van der Waals surface area contributed by atoms with Gasteiger partial charge in [-0.25, -0.2) is 12.7 Å². The molecular weight excluding hydrogens is 276 g/mol. The van der Waals surface area contributed by atoms with Gasteiger partial charge in [0.2, 0.25) is 10.0 Å². The molecule has 0 aliphatic rings. The lowest BCUT2D eigenvalue weighted by Gasteiger charge is -2.26. The van der Waals surface area contributed by atoms with Crippen LogP contribution < -0.4 is 5.32 Å². The van der Waals surface area contributed by atoms with Crippen molar-refractivity contribution in [2.75, 3.05) is 20.6 Å². The molecule has 1 unspecified atom stereocenters. The summed E-state index contributed by atoms with van der Waals surface area (Å²) in [4.78, 5) is 0.221. The summed E-state index contributed by atoms with van der Waals surface area (Å²) in [6, 6.07) is 6.62. The molecule has 0 radical (unpaired) electrons. The van der Waals surface area contributed by atoms with E-state index in [1.165, 1.54) is 30.5 Å². The van der Waals surface area contributed by atoms with Crippen molar-refractivity contribution in [1.82, 2.24) is 9.62 Å². The van der Waals surface area contributed by atoms with Crippen molar-refractivity contribution in [3.63, 3.8) is 0 Å². The molecule has 0 spiro atoms. The largest absolute Gasteiger partial charge is 0.384 e. The van der Waals surface area contributed by atoms with Crippen molar-refractivity contribution >= 4 is 10.0 Å². The lowest BCUT2D eigenvalue weighted by molar-refractivity contribution is 0.0549. The third-order valence-corrected chi connectivity index (χ3v) is 4.94. The molecule has 1 aromatic rings. The fourth-order valence-corrected chi connectivity index (χ4v) is 2.60. The highest BCUT2D eigenvalue weighted by molar-refractivity contribution is 7.89. The Labute approximate surface area is 121 Å². The summed E-state index contributed by atoms with van der Waals surface area (Å²) in [6.45, 7) is 6.12. The Morgan fingerprint density at radius 1 is 1.25 bits per heavy atom. The Morgan fingerprint density at radius 2 is 1.75 bits per heavy atom. The fourth-order valence-electron chi connectivity index (χ4n) is 1.70. The van der Waals surface area contributed by atoms with Gasteiger partial charge in [0.15, 0.2) is 0 Å². The maximum absolute atomic E-state index is 12.0. The molecule has 0 bridgehead atoms. The third-order valence-electron chi connectivity index (χ3n) is 3.11. The number of benzene rings is 1. The Balaban J connectivity index is 2.97. The van der Waals surface area contributed by atoms with E-state index in [1.54, 1.807) is 19.1 Å². The van der Waals surface area contributed by atoms with Gasteiger partial charge in [0.05, 0.1) is 10.5 Å². The van der Waals surface area contributed by atoms with Gasteiger partial charge >= 0.3 is 0 Å². The van der Waals surface area contributed by atoms with Gasteiger partial charge in [-0.3, -0.25) is 0 Å². The van der Waals surface area contributed by atoms with Crippen LogP contribution in [0.1, 0.15) is 26.3 Å². The SMILES string of the molecule is CC(C)NCC(C)(O)c1ccc(S(=O)(=O)N(C)C)cc1. The van der Waals surface area contributed by atoms with E-state index in [9.17, 15) is 13.5 Å². The van der Waals surface area contributed by atoms with Crippen molar-refractivity contribution in [1.29, 1.82) is 0 Å². The number of sulfonamides is 1. The minimum Gasteiger partial charge on any atom is -0.384 e.